The second-order valence-electron chi connectivity index (χ2n) is 5.22. The van der Waals surface area contributed by atoms with E-state index in [-0.39, 0.29) is 0 Å². The van der Waals surface area contributed by atoms with Gasteiger partial charge in [0, 0.05) is 20.5 Å². The zero-order chi connectivity index (χ0) is 11.6. The van der Waals surface area contributed by atoms with E-state index in [1.165, 1.54) is 0 Å². The third-order valence-corrected chi connectivity index (χ3v) is 3.16. The Morgan fingerprint density at radius 3 is 2.33 bits per heavy atom. The summed E-state index contributed by atoms with van der Waals surface area (Å²) in [6.07, 6.45) is 0.967. The molecule has 1 rings (SSSR count). The van der Waals surface area contributed by atoms with Crippen LogP contribution in [-0.4, -0.2) is 21.8 Å². The van der Waals surface area contributed by atoms with Gasteiger partial charge < -0.3 is 9.88 Å². The molecule has 0 saturated carbocycles. The fourth-order valence-electron chi connectivity index (χ4n) is 1.34. The molecule has 1 N–H and O–H groups in total. The molecule has 1 aromatic heterocycles. The maximum Gasteiger partial charge on any atom is 0.224 e. The highest BCUT2D eigenvalue weighted by Gasteiger charge is 2.22. The molecule has 4 heteroatoms. The van der Waals surface area contributed by atoms with Gasteiger partial charge in [0.15, 0.2) is 0 Å². The summed E-state index contributed by atoms with van der Waals surface area (Å²) in [6, 6.07) is 0. The largest absolute Gasteiger partial charge is 0.357 e. The summed E-state index contributed by atoms with van der Waals surface area (Å²) in [5.74, 6) is 2.46. The van der Waals surface area contributed by atoms with Gasteiger partial charge in [-0.2, -0.15) is 0 Å². The molecule has 0 saturated heterocycles. The van der Waals surface area contributed by atoms with Crippen LogP contribution in [0.5, 0.6) is 0 Å². The Labute approximate surface area is 92.1 Å². The maximum atomic E-state index is 4.19. The fraction of sp³-hybridized carbons (Fsp3) is 0.818. The second kappa shape index (κ2) is 4.21. The highest BCUT2D eigenvalue weighted by atomic mass is 15.3. The van der Waals surface area contributed by atoms with Crippen LogP contribution in [0, 0.1) is 11.3 Å². The van der Waals surface area contributed by atoms with E-state index in [1.54, 1.807) is 0 Å². The van der Waals surface area contributed by atoms with E-state index in [9.17, 15) is 0 Å². The van der Waals surface area contributed by atoms with Crippen molar-refractivity contribution in [3.63, 3.8) is 0 Å². The standard InChI is InChI=1S/C11H22N4/c1-8(11(2,3)4)7-9-13-14-10(12-5)15(9)6/h8H,7H2,1-6H3,(H,12,14). The van der Waals surface area contributed by atoms with Gasteiger partial charge >= 0.3 is 0 Å². The van der Waals surface area contributed by atoms with Crippen LogP contribution in [-0.2, 0) is 13.5 Å². The van der Waals surface area contributed by atoms with E-state index in [2.05, 4.69) is 43.2 Å². The first-order valence-corrected chi connectivity index (χ1v) is 5.42. The van der Waals surface area contributed by atoms with Crippen LogP contribution in [0.3, 0.4) is 0 Å². The molecular weight excluding hydrogens is 188 g/mol. The monoisotopic (exact) mass is 210 g/mol. The molecule has 4 nitrogen and oxygen atoms in total. The van der Waals surface area contributed by atoms with Gasteiger partial charge in [0.1, 0.15) is 5.82 Å². The molecule has 1 unspecified atom stereocenters. The lowest BCUT2D eigenvalue weighted by molar-refractivity contribution is 0.255. The molecule has 0 spiro atoms. The predicted molar refractivity (Wildman–Crippen MR) is 62.9 cm³/mol. The summed E-state index contributed by atoms with van der Waals surface area (Å²) in [7, 11) is 3.86. The number of aromatic nitrogens is 3. The smallest absolute Gasteiger partial charge is 0.224 e. The Kier molecular flexibility index (Phi) is 3.37. The summed E-state index contributed by atoms with van der Waals surface area (Å²) in [5.41, 5.74) is 0.311. The molecule has 0 aliphatic heterocycles. The lowest BCUT2D eigenvalue weighted by Gasteiger charge is -2.26. The van der Waals surface area contributed by atoms with Crippen LogP contribution in [0.2, 0.25) is 0 Å². The fourth-order valence-corrected chi connectivity index (χ4v) is 1.34. The minimum absolute atomic E-state index is 0.311. The molecule has 0 aliphatic carbocycles. The van der Waals surface area contributed by atoms with Gasteiger partial charge in [-0.3, -0.25) is 0 Å². The molecule has 0 amide bonds. The van der Waals surface area contributed by atoms with Gasteiger partial charge in [0.05, 0.1) is 0 Å². The van der Waals surface area contributed by atoms with Crippen molar-refractivity contribution in [3.05, 3.63) is 5.82 Å². The van der Waals surface area contributed by atoms with Gasteiger partial charge in [0.25, 0.3) is 0 Å². The number of hydrogen-bond donors (Lipinski definition) is 1. The Morgan fingerprint density at radius 2 is 1.93 bits per heavy atom. The normalized spacial score (nSPS) is 14.0. The summed E-state index contributed by atoms with van der Waals surface area (Å²) < 4.78 is 2.02. The average Bonchev–Trinajstić information content (AvgIpc) is 2.46. The van der Waals surface area contributed by atoms with Crippen molar-refractivity contribution in [3.8, 4) is 0 Å². The van der Waals surface area contributed by atoms with Crippen LogP contribution in [0.1, 0.15) is 33.5 Å². The molecule has 1 aromatic rings. The zero-order valence-electron chi connectivity index (χ0n) is 10.6. The Hall–Kier alpha value is -1.06. The van der Waals surface area contributed by atoms with Gasteiger partial charge in [0.2, 0.25) is 5.95 Å². The van der Waals surface area contributed by atoms with Crippen LogP contribution >= 0.6 is 0 Å². The van der Waals surface area contributed by atoms with Gasteiger partial charge in [-0.05, 0) is 11.3 Å². The first kappa shape index (κ1) is 12.0. The highest BCUT2D eigenvalue weighted by Crippen LogP contribution is 2.28. The van der Waals surface area contributed by atoms with E-state index >= 15 is 0 Å². The van der Waals surface area contributed by atoms with Crippen LogP contribution in [0.4, 0.5) is 5.95 Å². The van der Waals surface area contributed by atoms with Crippen LogP contribution in [0.15, 0.2) is 0 Å². The van der Waals surface area contributed by atoms with Crippen molar-refractivity contribution < 1.29 is 0 Å². The van der Waals surface area contributed by atoms with Crippen molar-refractivity contribution in [2.24, 2.45) is 18.4 Å². The van der Waals surface area contributed by atoms with Gasteiger partial charge in [-0.1, -0.05) is 27.7 Å². The maximum absolute atomic E-state index is 4.19. The summed E-state index contributed by atoms with van der Waals surface area (Å²) in [4.78, 5) is 0. The first-order valence-electron chi connectivity index (χ1n) is 5.42. The van der Waals surface area contributed by atoms with E-state index in [1.807, 2.05) is 18.7 Å². The van der Waals surface area contributed by atoms with Crippen molar-refractivity contribution >= 4 is 5.95 Å². The molecule has 1 heterocycles. The number of hydrogen-bond acceptors (Lipinski definition) is 3. The second-order valence-corrected chi connectivity index (χ2v) is 5.22. The molecule has 0 aliphatic rings. The van der Waals surface area contributed by atoms with Crippen molar-refractivity contribution in [1.29, 1.82) is 0 Å². The number of nitrogens with zero attached hydrogens (tertiary/aromatic N) is 3. The minimum atomic E-state index is 0.311. The summed E-state index contributed by atoms with van der Waals surface area (Å²) in [5, 5.41) is 11.3. The molecule has 1 atom stereocenters. The summed E-state index contributed by atoms with van der Waals surface area (Å²) >= 11 is 0. The molecule has 0 radical (unpaired) electrons. The molecule has 0 fully saturated rings. The van der Waals surface area contributed by atoms with Crippen molar-refractivity contribution in [2.45, 2.75) is 34.1 Å². The Balaban J connectivity index is 2.77. The van der Waals surface area contributed by atoms with Gasteiger partial charge in [-0.15, -0.1) is 10.2 Å². The molecule has 86 valence electrons. The van der Waals surface area contributed by atoms with Crippen LogP contribution < -0.4 is 5.32 Å². The topological polar surface area (TPSA) is 42.7 Å². The average molecular weight is 210 g/mol. The van der Waals surface area contributed by atoms with E-state index < -0.39 is 0 Å². The third-order valence-electron chi connectivity index (χ3n) is 3.16. The Bertz CT molecular complexity index is 322. The van der Waals surface area contributed by atoms with E-state index in [0.717, 1.165) is 18.2 Å². The van der Waals surface area contributed by atoms with Crippen LogP contribution in [0.25, 0.3) is 0 Å². The number of nitrogens with one attached hydrogen (secondary N) is 1. The summed E-state index contributed by atoms with van der Waals surface area (Å²) in [6.45, 7) is 9.03. The molecular formula is C11H22N4. The lowest BCUT2D eigenvalue weighted by Crippen LogP contribution is -2.21. The quantitative estimate of drug-likeness (QED) is 0.830. The first-order chi connectivity index (χ1) is 6.86. The van der Waals surface area contributed by atoms with Gasteiger partial charge in [-0.25, -0.2) is 0 Å². The molecule has 0 bridgehead atoms. The minimum Gasteiger partial charge on any atom is -0.357 e. The van der Waals surface area contributed by atoms with E-state index in [4.69, 9.17) is 0 Å². The van der Waals surface area contributed by atoms with Crippen molar-refractivity contribution in [1.82, 2.24) is 14.8 Å². The Morgan fingerprint density at radius 1 is 1.33 bits per heavy atom. The molecule has 0 aromatic carbocycles. The van der Waals surface area contributed by atoms with E-state index in [0.29, 0.717) is 11.3 Å². The zero-order valence-corrected chi connectivity index (χ0v) is 10.6. The lowest BCUT2D eigenvalue weighted by atomic mass is 9.80. The van der Waals surface area contributed by atoms with Crippen molar-refractivity contribution in [2.75, 3.05) is 12.4 Å². The number of rotatable bonds is 3. The molecule has 15 heavy (non-hydrogen) atoms. The number of anilines is 1. The highest BCUT2D eigenvalue weighted by molar-refractivity contribution is 5.23. The SMILES string of the molecule is CNc1nnc(CC(C)C(C)(C)C)n1C. The predicted octanol–water partition coefficient (Wildman–Crippen LogP) is 2.08. The third kappa shape index (κ3) is 2.70.